The fourth-order valence-electron chi connectivity index (χ4n) is 2.62. The van der Waals surface area contributed by atoms with Gasteiger partial charge < -0.3 is 0 Å². The van der Waals surface area contributed by atoms with Crippen LogP contribution in [0.1, 0.15) is 46.5 Å². The summed E-state index contributed by atoms with van der Waals surface area (Å²) in [6.07, 6.45) is 11.3. The summed E-state index contributed by atoms with van der Waals surface area (Å²) in [4.78, 5) is 0. The maximum atomic E-state index is 3.71. The topological polar surface area (TPSA) is 0 Å². The number of hydrogen-bond acceptors (Lipinski definition) is 0. The van der Waals surface area contributed by atoms with Crippen molar-refractivity contribution in [2.75, 3.05) is 0 Å². The Morgan fingerprint density at radius 1 is 1.36 bits per heavy atom. The van der Waals surface area contributed by atoms with Gasteiger partial charge in [-0.05, 0) is 43.6 Å². The lowest BCUT2D eigenvalue weighted by Gasteiger charge is -2.28. The van der Waals surface area contributed by atoms with Crippen LogP contribution in [0.15, 0.2) is 36.0 Å². The minimum Gasteiger partial charge on any atom is -0.0991 e. The van der Waals surface area contributed by atoms with Gasteiger partial charge in [0.05, 0.1) is 0 Å². The van der Waals surface area contributed by atoms with Crippen molar-refractivity contribution in [1.29, 1.82) is 0 Å². The van der Waals surface area contributed by atoms with Gasteiger partial charge in [0.25, 0.3) is 0 Å². The van der Waals surface area contributed by atoms with E-state index in [-0.39, 0.29) is 0 Å². The van der Waals surface area contributed by atoms with Gasteiger partial charge in [-0.25, -0.2) is 0 Å². The predicted octanol–water partition coefficient (Wildman–Crippen LogP) is 4.65. The molecule has 0 saturated carbocycles. The molecule has 0 aromatic carbocycles. The van der Waals surface area contributed by atoms with Crippen LogP contribution in [0.2, 0.25) is 0 Å². The SMILES string of the molecule is C=C/C=C\C1=C(C)C(CC)(CC)CC1. The molecule has 0 aromatic rings. The zero-order chi connectivity index (χ0) is 10.6. The molecule has 78 valence electrons. The molecular formula is C14H22. The first-order chi connectivity index (χ1) is 6.70. The minimum atomic E-state index is 0.501. The van der Waals surface area contributed by atoms with Gasteiger partial charge in [-0.3, -0.25) is 0 Å². The number of allylic oxidation sites excluding steroid dienone is 5. The summed E-state index contributed by atoms with van der Waals surface area (Å²) in [5.41, 5.74) is 3.65. The summed E-state index contributed by atoms with van der Waals surface area (Å²) in [7, 11) is 0. The van der Waals surface area contributed by atoms with Crippen molar-refractivity contribution in [3.05, 3.63) is 36.0 Å². The second kappa shape index (κ2) is 4.63. The Morgan fingerprint density at radius 3 is 2.43 bits per heavy atom. The van der Waals surface area contributed by atoms with Crippen LogP contribution in [0.25, 0.3) is 0 Å². The molecule has 0 heterocycles. The van der Waals surface area contributed by atoms with Crippen molar-refractivity contribution in [3.8, 4) is 0 Å². The van der Waals surface area contributed by atoms with E-state index in [9.17, 15) is 0 Å². The smallest absolute Gasteiger partial charge is 0.00871 e. The summed E-state index contributed by atoms with van der Waals surface area (Å²) in [6, 6.07) is 0. The van der Waals surface area contributed by atoms with E-state index in [1.807, 2.05) is 6.08 Å². The molecule has 0 fully saturated rings. The van der Waals surface area contributed by atoms with E-state index in [1.165, 1.54) is 31.3 Å². The maximum absolute atomic E-state index is 3.71. The van der Waals surface area contributed by atoms with Crippen LogP contribution in [0.4, 0.5) is 0 Å². The van der Waals surface area contributed by atoms with E-state index in [4.69, 9.17) is 0 Å². The van der Waals surface area contributed by atoms with Gasteiger partial charge in [0.2, 0.25) is 0 Å². The van der Waals surface area contributed by atoms with E-state index < -0.39 is 0 Å². The molecule has 14 heavy (non-hydrogen) atoms. The summed E-state index contributed by atoms with van der Waals surface area (Å²) in [5.74, 6) is 0. The molecule has 0 aromatic heterocycles. The largest absolute Gasteiger partial charge is 0.0991 e. The fraction of sp³-hybridized carbons (Fsp3) is 0.571. The zero-order valence-electron chi connectivity index (χ0n) is 9.77. The van der Waals surface area contributed by atoms with Gasteiger partial charge in [-0.1, -0.05) is 44.2 Å². The Bertz CT molecular complexity index is 262. The first kappa shape index (κ1) is 11.3. The van der Waals surface area contributed by atoms with Crippen molar-refractivity contribution in [2.24, 2.45) is 5.41 Å². The normalized spacial score (nSPS) is 20.8. The Morgan fingerprint density at radius 2 is 2.00 bits per heavy atom. The van der Waals surface area contributed by atoms with Gasteiger partial charge in [-0.15, -0.1) is 0 Å². The molecule has 0 bridgehead atoms. The molecule has 0 N–H and O–H groups in total. The van der Waals surface area contributed by atoms with E-state index in [2.05, 4.69) is 39.5 Å². The van der Waals surface area contributed by atoms with Crippen molar-refractivity contribution >= 4 is 0 Å². The standard InChI is InChI=1S/C14H22/c1-5-8-9-13-10-11-14(6-2,7-3)12(13)4/h5,8-9H,1,6-7,10-11H2,2-4H3/b9-8-. The molecule has 0 saturated heterocycles. The lowest BCUT2D eigenvalue weighted by molar-refractivity contribution is 0.325. The number of rotatable bonds is 4. The molecule has 0 aliphatic heterocycles. The van der Waals surface area contributed by atoms with Gasteiger partial charge in [0.15, 0.2) is 0 Å². The van der Waals surface area contributed by atoms with E-state index in [0.717, 1.165) is 0 Å². The van der Waals surface area contributed by atoms with Crippen LogP contribution < -0.4 is 0 Å². The van der Waals surface area contributed by atoms with Crippen molar-refractivity contribution in [2.45, 2.75) is 46.5 Å². The van der Waals surface area contributed by atoms with Crippen LogP contribution in [0.3, 0.4) is 0 Å². The molecular weight excluding hydrogens is 168 g/mol. The van der Waals surface area contributed by atoms with E-state index in [0.29, 0.717) is 5.41 Å². The minimum absolute atomic E-state index is 0.501. The summed E-state index contributed by atoms with van der Waals surface area (Å²) in [6.45, 7) is 10.6. The third-order valence-electron chi connectivity index (χ3n) is 3.94. The monoisotopic (exact) mass is 190 g/mol. The lowest BCUT2D eigenvalue weighted by Crippen LogP contribution is -2.16. The summed E-state index contributed by atoms with van der Waals surface area (Å²) >= 11 is 0. The highest BCUT2D eigenvalue weighted by molar-refractivity contribution is 5.35. The van der Waals surface area contributed by atoms with Crippen molar-refractivity contribution in [1.82, 2.24) is 0 Å². The average molecular weight is 190 g/mol. The highest BCUT2D eigenvalue weighted by atomic mass is 14.4. The molecule has 1 aliphatic rings. The first-order valence-electron chi connectivity index (χ1n) is 5.69. The summed E-state index contributed by atoms with van der Waals surface area (Å²) < 4.78 is 0. The maximum Gasteiger partial charge on any atom is -0.00871 e. The Kier molecular flexibility index (Phi) is 3.74. The van der Waals surface area contributed by atoms with E-state index in [1.54, 1.807) is 5.57 Å². The average Bonchev–Trinajstić information content (AvgIpc) is 2.53. The molecule has 0 atom stereocenters. The second-order valence-electron chi connectivity index (χ2n) is 4.23. The highest BCUT2D eigenvalue weighted by Crippen LogP contribution is 2.47. The predicted molar refractivity (Wildman–Crippen MR) is 64.3 cm³/mol. The second-order valence-corrected chi connectivity index (χ2v) is 4.23. The van der Waals surface area contributed by atoms with Gasteiger partial charge in [0.1, 0.15) is 0 Å². The molecule has 0 radical (unpaired) electrons. The molecule has 0 spiro atoms. The molecule has 0 heteroatoms. The van der Waals surface area contributed by atoms with Crippen LogP contribution >= 0.6 is 0 Å². The zero-order valence-corrected chi connectivity index (χ0v) is 9.77. The third kappa shape index (κ3) is 1.84. The van der Waals surface area contributed by atoms with Crippen LogP contribution in [-0.4, -0.2) is 0 Å². The fourth-order valence-corrected chi connectivity index (χ4v) is 2.62. The third-order valence-corrected chi connectivity index (χ3v) is 3.94. The molecule has 1 aliphatic carbocycles. The van der Waals surface area contributed by atoms with Gasteiger partial charge >= 0.3 is 0 Å². The molecule has 0 nitrogen and oxygen atoms in total. The Labute approximate surface area is 88.4 Å². The first-order valence-corrected chi connectivity index (χ1v) is 5.69. The van der Waals surface area contributed by atoms with Crippen molar-refractivity contribution in [3.63, 3.8) is 0 Å². The highest BCUT2D eigenvalue weighted by Gasteiger charge is 2.33. The lowest BCUT2D eigenvalue weighted by atomic mass is 9.77. The van der Waals surface area contributed by atoms with Crippen LogP contribution in [-0.2, 0) is 0 Å². The van der Waals surface area contributed by atoms with Crippen LogP contribution in [0.5, 0.6) is 0 Å². The molecule has 0 amide bonds. The Hall–Kier alpha value is -0.780. The Balaban J connectivity index is 2.93. The quantitative estimate of drug-likeness (QED) is 0.566. The van der Waals surface area contributed by atoms with Crippen molar-refractivity contribution < 1.29 is 0 Å². The van der Waals surface area contributed by atoms with Crippen LogP contribution in [0, 0.1) is 5.41 Å². The van der Waals surface area contributed by atoms with Gasteiger partial charge in [0, 0.05) is 0 Å². The van der Waals surface area contributed by atoms with Gasteiger partial charge in [-0.2, -0.15) is 0 Å². The molecule has 1 rings (SSSR count). The van der Waals surface area contributed by atoms with E-state index >= 15 is 0 Å². The number of hydrogen-bond donors (Lipinski definition) is 0. The summed E-state index contributed by atoms with van der Waals surface area (Å²) in [5, 5.41) is 0. The molecule has 0 unspecified atom stereocenters.